The van der Waals surface area contributed by atoms with Crippen molar-refractivity contribution in [2.75, 3.05) is 13.2 Å². The number of esters is 1. The van der Waals surface area contributed by atoms with Crippen LogP contribution in [0.3, 0.4) is 0 Å². The molecule has 1 radical (unpaired) electrons. The van der Waals surface area contributed by atoms with Crippen LogP contribution in [0, 0.1) is 6.92 Å². The summed E-state index contributed by atoms with van der Waals surface area (Å²) in [6.45, 7) is 8.53. The van der Waals surface area contributed by atoms with Crippen molar-refractivity contribution >= 4 is 5.97 Å². The third kappa shape index (κ3) is 19.5. The Hall–Kier alpha value is -0.570. The third-order valence-corrected chi connectivity index (χ3v) is 4.28. The maximum atomic E-state index is 10.7. The molecule has 0 N–H and O–H groups in total. The topological polar surface area (TPSA) is 35.5 Å². The number of carbonyl (C=O) groups is 1. The Bertz CT molecular complexity index is 266. The molecule has 0 aliphatic carbocycles. The van der Waals surface area contributed by atoms with Crippen molar-refractivity contribution in [3.05, 3.63) is 6.92 Å². The van der Waals surface area contributed by atoms with Gasteiger partial charge in [-0.05, 0) is 13.3 Å². The molecule has 0 aromatic carbocycles. The standard InChI is InChI=1S/C21H41O3/c1-4-5-6-7-8-9-10-11-12-13-14-15-16-17-18-23-19-20(2)24-21(3)22/h20H,2,4-19H2,1,3H3. The van der Waals surface area contributed by atoms with E-state index < -0.39 is 0 Å². The van der Waals surface area contributed by atoms with Gasteiger partial charge in [0.05, 0.1) is 6.61 Å². The third-order valence-electron chi connectivity index (χ3n) is 4.28. The van der Waals surface area contributed by atoms with Crippen LogP contribution in [0.25, 0.3) is 0 Å². The Labute approximate surface area is 150 Å². The summed E-state index contributed by atoms with van der Waals surface area (Å²) in [6, 6.07) is 0. The fraction of sp³-hybridized carbons (Fsp3) is 0.905. The van der Waals surface area contributed by atoms with E-state index in [0.717, 1.165) is 13.0 Å². The smallest absolute Gasteiger partial charge is 0.302 e. The van der Waals surface area contributed by atoms with E-state index in [4.69, 9.17) is 9.47 Å². The Morgan fingerprint density at radius 3 is 1.62 bits per heavy atom. The number of hydrogen-bond acceptors (Lipinski definition) is 3. The molecule has 0 amide bonds. The molecule has 0 heterocycles. The Morgan fingerprint density at radius 1 is 0.792 bits per heavy atom. The highest BCUT2D eigenvalue weighted by molar-refractivity contribution is 5.66. The summed E-state index contributed by atoms with van der Waals surface area (Å²) in [5, 5.41) is 0. The van der Waals surface area contributed by atoms with Gasteiger partial charge in [0.1, 0.15) is 6.10 Å². The van der Waals surface area contributed by atoms with Crippen LogP contribution in [-0.4, -0.2) is 25.3 Å². The zero-order chi connectivity index (χ0) is 17.9. The highest BCUT2D eigenvalue weighted by atomic mass is 16.6. The van der Waals surface area contributed by atoms with Crippen LogP contribution in [0.5, 0.6) is 0 Å². The molecule has 0 aliphatic heterocycles. The summed E-state index contributed by atoms with van der Waals surface area (Å²) in [6.07, 6.45) is 18.7. The lowest BCUT2D eigenvalue weighted by atomic mass is 10.0. The first-order chi connectivity index (χ1) is 11.7. The lowest BCUT2D eigenvalue weighted by molar-refractivity contribution is -0.146. The lowest BCUT2D eigenvalue weighted by Crippen LogP contribution is -2.19. The molecule has 0 fully saturated rings. The van der Waals surface area contributed by atoms with Crippen LogP contribution in [-0.2, 0) is 14.3 Å². The molecule has 24 heavy (non-hydrogen) atoms. The van der Waals surface area contributed by atoms with Crippen LogP contribution in [0.2, 0.25) is 0 Å². The molecule has 143 valence electrons. The van der Waals surface area contributed by atoms with Crippen LogP contribution in [0.15, 0.2) is 0 Å². The van der Waals surface area contributed by atoms with Crippen LogP contribution < -0.4 is 0 Å². The molecule has 3 heteroatoms. The van der Waals surface area contributed by atoms with E-state index in [-0.39, 0.29) is 12.1 Å². The van der Waals surface area contributed by atoms with Gasteiger partial charge in [-0.15, -0.1) is 0 Å². The van der Waals surface area contributed by atoms with Crippen molar-refractivity contribution in [1.29, 1.82) is 0 Å². The first-order valence-corrected chi connectivity index (χ1v) is 10.2. The monoisotopic (exact) mass is 341 g/mol. The molecule has 0 aliphatic rings. The average Bonchev–Trinajstić information content (AvgIpc) is 2.53. The van der Waals surface area contributed by atoms with Gasteiger partial charge in [-0.2, -0.15) is 0 Å². The second-order valence-corrected chi connectivity index (χ2v) is 6.90. The van der Waals surface area contributed by atoms with Crippen LogP contribution in [0.4, 0.5) is 0 Å². The molecular weight excluding hydrogens is 300 g/mol. The highest BCUT2D eigenvalue weighted by Gasteiger charge is 2.04. The summed E-state index contributed by atoms with van der Waals surface area (Å²) in [4.78, 5) is 10.7. The quantitative estimate of drug-likeness (QED) is 0.218. The minimum atomic E-state index is -0.380. The first kappa shape index (κ1) is 23.4. The van der Waals surface area contributed by atoms with E-state index in [0.29, 0.717) is 6.61 Å². The molecule has 0 rings (SSSR count). The molecule has 0 saturated heterocycles. The zero-order valence-electron chi connectivity index (χ0n) is 16.3. The van der Waals surface area contributed by atoms with Crippen LogP contribution in [0.1, 0.15) is 104 Å². The first-order valence-electron chi connectivity index (χ1n) is 10.2. The summed E-state index contributed by atoms with van der Waals surface area (Å²) >= 11 is 0. The fourth-order valence-corrected chi connectivity index (χ4v) is 2.88. The highest BCUT2D eigenvalue weighted by Crippen LogP contribution is 2.12. The SMILES string of the molecule is [CH2]C(COCCCCCCCCCCCCCCCC)OC(C)=O. The number of ether oxygens (including phenoxy) is 2. The minimum absolute atomic E-state index is 0.296. The zero-order valence-corrected chi connectivity index (χ0v) is 16.3. The Balaban J connectivity index is 3.06. The van der Waals surface area contributed by atoms with Gasteiger partial charge in [-0.1, -0.05) is 90.4 Å². The van der Waals surface area contributed by atoms with E-state index in [2.05, 4.69) is 13.8 Å². The van der Waals surface area contributed by atoms with Gasteiger partial charge >= 0.3 is 5.97 Å². The number of unbranched alkanes of at least 4 members (excludes halogenated alkanes) is 13. The number of rotatable bonds is 18. The van der Waals surface area contributed by atoms with Gasteiger partial charge in [-0.3, -0.25) is 4.79 Å². The van der Waals surface area contributed by atoms with Crippen LogP contribution >= 0.6 is 0 Å². The largest absolute Gasteiger partial charge is 0.460 e. The van der Waals surface area contributed by atoms with Gasteiger partial charge in [-0.25, -0.2) is 0 Å². The van der Waals surface area contributed by atoms with Gasteiger partial charge in [0.2, 0.25) is 0 Å². The summed E-state index contributed by atoms with van der Waals surface area (Å²) in [5.41, 5.74) is 0. The predicted octanol–water partition coefficient (Wildman–Crippen LogP) is 6.25. The van der Waals surface area contributed by atoms with E-state index in [1.807, 2.05) is 0 Å². The molecule has 1 atom stereocenters. The van der Waals surface area contributed by atoms with Gasteiger partial charge in [0, 0.05) is 13.5 Å². The van der Waals surface area contributed by atoms with Gasteiger partial charge < -0.3 is 9.47 Å². The second-order valence-electron chi connectivity index (χ2n) is 6.90. The fourth-order valence-electron chi connectivity index (χ4n) is 2.88. The Morgan fingerprint density at radius 2 is 1.21 bits per heavy atom. The molecule has 0 spiro atoms. The molecule has 3 nitrogen and oxygen atoms in total. The van der Waals surface area contributed by atoms with Crippen molar-refractivity contribution in [3.8, 4) is 0 Å². The maximum absolute atomic E-state index is 10.7. The average molecular weight is 342 g/mol. The summed E-state index contributed by atoms with van der Waals surface area (Å²) in [7, 11) is 0. The summed E-state index contributed by atoms with van der Waals surface area (Å²) < 4.78 is 10.4. The van der Waals surface area contributed by atoms with E-state index in [1.165, 1.54) is 90.4 Å². The molecule has 0 bridgehead atoms. The predicted molar refractivity (Wildman–Crippen MR) is 102 cm³/mol. The Kier molecular flexibility index (Phi) is 18.3. The van der Waals surface area contributed by atoms with Crippen molar-refractivity contribution in [2.45, 2.75) is 110 Å². The van der Waals surface area contributed by atoms with Gasteiger partial charge in [0.15, 0.2) is 0 Å². The number of carbonyl (C=O) groups excluding carboxylic acids is 1. The molecule has 0 aromatic heterocycles. The van der Waals surface area contributed by atoms with Crippen molar-refractivity contribution in [1.82, 2.24) is 0 Å². The van der Waals surface area contributed by atoms with E-state index >= 15 is 0 Å². The lowest BCUT2D eigenvalue weighted by Gasteiger charge is -2.11. The van der Waals surface area contributed by atoms with Crippen molar-refractivity contribution < 1.29 is 14.3 Å². The van der Waals surface area contributed by atoms with Gasteiger partial charge in [0.25, 0.3) is 0 Å². The van der Waals surface area contributed by atoms with E-state index in [1.54, 1.807) is 0 Å². The minimum Gasteiger partial charge on any atom is -0.460 e. The molecule has 0 aromatic rings. The van der Waals surface area contributed by atoms with E-state index in [9.17, 15) is 4.79 Å². The normalized spacial score (nSPS) is 12.3. The summed E-state index contributed by atoms with van der Waals surface area (Å²) in [5.74, 6) is -0.296. The second kappa shape index (κ2) is 18.8. The molecular formula is C21H41O3. The molecule has 0 saturated carbocycles. The van der Waals surface area contributed by atoms with Crippen molar-refractivity contribution in [3.63, 3.8) is 0 Å². The number of hydrogen-bond donors (Lipinski definition) is 0. The molecule has 1 unspecified atom stereocenters. The van der Waals surface area contributed by atoms with Crippen molar-refractivity contribution in [2.24, 2.45) is 0 Å². The maximum Gasteiger partial charge on any atom is 0.302 e.